The average Bonchev–Trinajstić information content (AvgIpc) is 2.50. The Bertz CT molecular complexity index is 583. The lowest BCUT2D eigenvalue weighted by Crippen LogP contribution is -2.40. The SMILES string of the molecule is CN1C(=O)N(c2cccc(C(F)(F)F)c2)C(=S)C1(C)C. The first-order valence-corrected chi connectivity index (χ1v) is 6.27. The molecule has 2 rings (SSSR count). The van der Waals surface area contributed by atoms with Gasteiger partial charge in [-0.25, -0.2) is 4.79 Å². The normalized spacial score (nSPS) is 18.9. The maximum atomic E-state index is 12.7. The quantitative estimate of drug-likeness (QED) is 0.739. The lowest BCUT2D eigenvalue weighted by molar-refractivity contribution is -0.137. The molecule has 1 aliphatic rings. The van der Waals surface area contributed by atoms with Crippen LogP contribution in [-0.4, -0.2) is 28.5 Å². The van der Waals surface area contributed by atoms with Crippen LogP contribution in [0.25, 0.3) is 0 Å². The number of urea groups is 1. The number of halogens is 3. The minimum Gasteiger partial charge on any atom is -0.316 e. The van der Waals surface area contributed by atoms with E-state index in [1.165, 1.54) is 17.0 Å². The van der Waals surface area contributed by atoms with Crippen molar-refractivity contribution in [2.45, 2.75) is 25.6 Å². The van der Waals surface area contributed by atoms with E-state index >= 15 is 0 Å². The third-order valence-corrected chi connectivity index (χ3v) is 4.16. The second-order valence-corrected chi connectivity index (χ2v) is 5.48. The molecular formula is C13H13F3N2OS. The highest BCUT2D eigenvalue weighted by Crippen LogP contribution is 2.35. The van der Waals surface area contributed by atoms with Crippen molar-refractivity contribution >= 4 is 28.9 Å². The van der Waals surface area contributed by atoms with Gasteiger partial charge in [0, 0.05) is 7.05 Å². The van der Waals surface area contributed by atoms with E-state index in [9.17, 15) is 18.0 Å². The fraction of sp³-hybridized carbons (Fsp3) is 0.385. The zero-order valence-corrected chi connectivity index (χ0v) is 12.0. The highest BCUT2D eigenvalue weighted by molar-refractivity contribution is 7.81. The summed E-state index contributed by atoms with van der Waals surface area (Å²) < 4.78 is 38.2. The number of alkyl halides is 3. The van der Waals surface area contributed by atoms with Crippen LogP contribution < -0.4 is 4.90 Å². The zero-order valence-electron chi connectivity index (χ0n) is 11.2. The Hall–Kier alpha value is -1.63. The molecule has 108 valence electrons. The van der Waals surface area contributed by atoms with Crippen molar-refractivity contribution in [1.82, 2.24) is 4.90 Å². The Labute approximate surface area is 120 Å². The molecule has 7 heteroatoms. The van der Waals surface area contributed by atoms with Crippen LogP contribution in [0.5, 0.6) is 0 Å². The number of likely N-dealkylation sites (N-methyl/N-ethyl adjacent to an activating group) is 1. The Balaban J connectivity index is 2.48. The van der Waals surface area contributed by atoms with E-state index in [0.29, 0.717) is 0 Å². The van der Waals surface area contributed by atoms with Crippen LogP contribution in [-0.2, 0) is 6.18 Å². The lowest BCUT2D eigenvalue weighted by atomic mass is 10.1. The predicted octanol–water partition coefficient (Wildman–Crippen LogP) is 3.68. The molecule has 1 aliphatic heterocycles. The van der Waals surface area contributed by atoms with Crippen LogP contribution in [0.2, 0.25) is 0 Å². The van der Waals surface area contributed by atoms with Crippen molar-refractivity contribution < 1.29 is 18.0 Å². The van der Waals surface area contributed by atoms with Gasteiger partial charge in [-0.1, -0.05) is 18.3 Å². The average molecular weight is 302 g/mol. The summed E-state index contributed by atoms with van der Waals surface area (Å²) in [5.41, 5.74) is -1.38. The number of nitrogens with zero attached hydrogens (tertiary/aromatic N) is 2. The molecule has 3 nitrogen and oxygen atoms in total. The summed E-state index contributed by atoms with van der Waals surface area (Å²) in [5, 5.41) is 0. The highest BCUT2D eigenvalue weighted by atomic mass is 32.1. The Morgan fingerprint density at radius 1 is 1.25 bits per heavy atom. The number of anilines is 1. The number of amides is 2. The van der Waals surface area contributed by atoms with E-state index < -0.39 is 23.3 Å². The van der Waals surface area contributed by atoms with Crippen molar-refractivity contribution in [2.24, 2.45) is 0 Å². The van der Waals surface area contributed by atoms with Crippen molar-refractivity contribution in [3.8, 4) is 0 Å². The summed E-state index contributed by atoms with van der Waals surface area (Å²) in [7, 11) is 1.57. The molecule has 0 bridgehead atoms. The van der Waals surface area contributed by atoms with Gasteiger partial charge in [0.1, 0.15) is 4.99 Å². The fourth-order valence-corrected chi connectivity index (χ4v) is 2.26. The van der Waals surface area contributed by atoms with Gasteiger partial charge >= 0.3 is 12.2 Å². The Morgan fingerprint density at radius 3 is 2.30 bits per heavy atom. The van der Waals surface area contributed by atoms with Crippen LogP contribution in [0, 0.1) is 0 Å². The first kappa shape index (κ1) is 14.8. The topological polar surface area (TPSA) is 23.6 Å². The maximum absolute atomic E-state index is 12.7. The first-order valence-electron chi connectivity index (χ1n) is 5.86. The van der Waals surface area contributed by atoms with E-state index in [1.807, 2.05) is 0 Å². The smallest absolute Gasteiger partial charge is 0.316 e. The molecule has 2 amide bonds. The summed E-state index contributed by atoms with van der Waals surface area (Å²) in [4.78, 5) is 15.0. The standard InChI is InChI=1S/C13H13F3N2OS/c1-12(2)10(20)18(11(19)17(12)3)9-6-4-5-8(7-9)13(14,15)16/h4-7H,1-3H3. The van der Waals surface area contributed by atoms with E-state index in [4.69, 9.17) is 12.2 Å². The summed E-state index contributed by atoms with van der Waals surface area (Å²) in [6.45, 7) is 3.50. The van der Waals surface area contributed by atoms with E-state index in [2.05, 4.69) is 0 Å². The summed E-state index contributed by atoms with van der Waals surface area (Å²) in [5.74, 6) is 0. The zero-order chi connectivity index (χ0) is 15.3. The Morgan fingerprint density at radius 2 is 1.85 bits per heavy atom. The van der Waals surface area contributed by atoms with Gasteiger partial charge in [0.15, 0.2) is 0 Å². The minimum absolute atomic E-state index is 0.132. The van der Waals surface area contributed by atoms with Gasteiger partial charge in [-0.3, -0.25) is 4.90 Å². The second-order valence-electron chi connectivity index (χ2n) is 5.09. The van der Waals surface area contributed by atoms with Crippen LogP contribution in [0.1, 0.15) is 19.4 Å². The number of hydrogen-bond donors (Lipinski definition) is 0. The molecule has 0 spiro atoms. The number of carbonyl (C=O) groups is 1. The molecule has 0 atom stereocenters. The predicted molar refractivity (Wildman–Crippen MR) is 73.8 cm³/mol. The van der Waals surface area contributed by atoms with Crippen LogP contribution in [0.4, 0.5) is 23.7 Å². The molecule has 0 radical (unpaired) electrons. The van der Waals surface area contributed by atoms with E-state index in [-0.39, 0.29) is 10.7 Å². The third kappa shape index (κ3) is 2.15. The van der Waals surface area contributed by atoms with Gasteiger partial charge in [0.05, 0.1) is 16.8 Å². The molecule has 0 aromatic heterocycles. The second kappa shape index (κ2) is 4.44. The number of rotatable bonds is 1. The number of benzene rings is 1. The van der Waals surface area contributed by atoms with Gasteiger partial charge < -0.3 is 4.90 Å². The molecule has 1 aromatic rings. The molecule has 1 heterocycles. The molecule has 20 heavy (non-hydrogen) atoms. The van der Waals surface area contributed by atoms with Crippen molar-refractivity contribution in [3.05, 3.63) is 29.8 Å². The van der Waals surface area contributed by atoms with Gasteiger partial charge in [0.2, 0.25) is 0 Å². The van der Waals surface area contributed by atoms with Crippen LogP contribution in [0.15, 0.2) is 24.3 Å². The van der Waals surface area contributed by atoms with Crippen molar-refractivity contribution in [1.29, 1.82) is 0 Å². The molecule has 1 aromatic carbocycles. The molecular weight excluding hydrogens is 289 g/mol. The van der Waals surface area contributed by atoms with Crippen molar-refractivity contribution in [2.75, 3.05) is 11.9 Å². The largest absolute Gasteiger partial charge is 0.416 e. The van der Waals surface area contributed by atoms with E-state index in [1.54, 1.807) is 20.9 Å². The number of carbonyl (C=O) groups excluding carboxylic acids is 1. The first-order chi connectivity index (χ1) is 9.06. The van der Waals surface area contributed by atoms with Crippen LogP contribution in [0.3, 0.4) is 0 Å². The summed E-state index contributed by atoms with van der Waals surface area (Å²) in [6, 6.07) is 4.16. The molecule has 0 aliphatic carbocycles. The fourth-order valence-electron chi connectivity index (χ4n) is 1.94. The van der Waals surface area contributed by atoms with E-state index in [0.717, 1.165) is 17.0 Å². The monoisotopic (exact) mass is 302 g/mol. The highest BCUT2D eigenvalue weighted by Gasteiger charge is 2.47. The summed E-state index contributed by atoms with van der Waals surface area (Å²) in [6.07, 6.45) is -4.46. The molecule has 0 unspecified atom stereocenters. The Kier molecular flexibility index (Phi) is 3.28. The molecule has 1 fully saturated rings. The third-order valence-electron chi connectivity index (χ3n) is 3.47. The molecule has 0 saturated carbocycles. The van der Waals surface area contributed by atoms with Gasteiger partial charge in [0.25, 0.3) is 0 Å². The number of hydrogen-bond acceptors (Lipinski definition) is 2. The summed E-state index contributed by atoms with van der Waals surface area (Å²) >= 11 is 5.23. The molecule has 1 saturated heterocycles. The minimum atomic E-state index is -4.46. The van der Waals surface area contributed by atoms with Crippen molar-refractivity contribution in [3.63, 3.8) is 0 Å². The van der Waals surface area contributed by atoms with Crippen LogP contribution >= 0.6 is 12.2 Å². The maximum Gasteiger partial charge on any atom is 0.416 e. The lowest BCUT2D eigenvalue weighted by Gasteiger charge is -2.24. The number of thiocarbonyl (C=S) groups is 1. The van der Waals surface area contributed by atoms with Gasteiger partial charge in [-0.2, -0.15) is 13.2 Å². The molecule has 0 N–H and O–H groups in total. The van der Waals surface area contributed by atoms with Gasteiger partial charge in [-0.15, -0.1) is 0 Å². The van der Waals surface area contributed by atoms with Gasteiger partial charge in [-0.05, 0) is 32.0 Å².